The summed E-state index contributed by atoms with van der Waals surface area (Å²) < 4.78 is 0. The topological polar surface area (TPSA) is 151 Å². The molecular formula is C30H44ClN5O5. The molecule has 0 bridgehead atoms. The van der Waals surface area contributed by atoms with Gasteiger partial charge in [-0.3, -0.25) is 19.2 Å². The Bertz CT molecular complexity index is 1150. The minimum Gasteiger partial charge on any atom is -0.363 e. The van der Waals surface area contributed by atoms with Crippen molar-refractivity contribution < 1.29 is 24.0 Å². The molecule has 1 aliphatic carbocycles. The van der Waals surface area contributed by atoms with E-state index in [1.807, 2.05) is 53.7 Å². The van der Waals surface area contributed by atoms with Crippen LogP contribution in [0.4, 0.5) is 4.79 Å². The van der Waals surface area contributed by atoms with Gasteiger partial charge in [-0.1, -0.05) is 63.8 Å². The van der Waals surface area contributed by atoms with Crippen LogP contribution in [0.1, 0.15) is 78.7 Å². The van der Waals surface area contributed by atoms with Gasteiger partial charge in [0.05, 0.1) is 12.0 Å². The normalized spacial score (nSPS) is 20.9. The summed E-state index contributed by atoms with van der Waals surface area (Å²) >= 11 is 6.11. The highest BCUT2D eigenvalue weighted by molar-refractivity contribution is 6.37. The minimum atomic E-state index is -1.08. The molecule has 1 unspecified atom stereocenters. The number of carbonyl (C=O) groups is 5. The predicted molar refractivity (Wildman–Crippen MR) is 157 cm³/mol. The summed E-state index contributed by atoms with van der Waals surface area (Å²) in [6.07, 6.45) is 3.27. The van der Waals surface area contributed by atoms with Gasteiger partial charge >= 0.3 is 6.03 Å². The Morgan fingerprint density at radius 1 is 0.976 bits per heavy atom. The van der Waals surface area contributed by atoms with E-state index in [0.717, 1.165) is 24.8 Å². The van der Waals surface area contributed by atoms with Crippen molar-refractivity contribution in [2.45, 2.75) is 90.8 Å². The van der Waals surface area contributed by atoms with Gasteiger partial charge in [-0.2, -0.15) is 0 Å². The molecule has 3 rings (SSSR count). The van der Waals surface area contributed by atoms with Gasteiger partial charge < -0.3 is 26.6 Å². The Morgan fingerprint density at radius 2 is 1.59 bits per heavy atom. The number of carbonyl (C=O) groups excluding carboxylic acids is 5. The number of primary amides is 1. The third-order valence-electron chi connectivity index (χ3n) is 7.81. The molecule has 1 aromatic carbocycles. The van der Waals surface area contributed by atoms with Crippen LogP contribution < -0.4 is 21.7 Å². The number of urea groups is 1. The van der Waals surface area contributed by atoms with Crippen molar-refractivity contribution in [3.63, 3.8) is 0 Å². The first-order valence-electron chi connectivity index (χ1n) is 14.2. The van der Waals surface area contributed by atoms with Gasteiger partial charge in [-0.25, -0.2) is 4.79 Å². The summed E-state index contributed by atoms with van der Waals surface area (Å²) in [7, 11) is 0. The Balaban J connectivity index is 1.87. The molecule has 0 spiro atoms. The second-order valence-electron chi connectivity index (χ2n) is 13.5. The number of amides is 5. The fraction of sp³-hybridized carbons (Fsp3) is 0.633. The van der Waals surface area contributed by atoms with Crippen LogP contribution in [-0.2, 0) is 19.2 Å². The summed E-state index contributed by atoms with van der Waals surface area (Å²) in [5, 5.41) is 9.00. The van der Waals surface area contributed by atoms with Crippen LogP contribution >= 0.6 is 11.6 Å². The number of likely N-dealkylation sites (tertiary alicyclic amines) is 1. The van der Waals surface area contributed by atoms with Crippen LogP contribution in [0.25, 0.3) is 0 Å². The Kier molecular flexibility index (Phi) is 10.1. The van der Waals surface area contributed by atoms with Gasteiger partial charge in [-0.15, -0.1) is 0 Å². The molecule has 2 fully saturated rings. The van der Waals surface area contributed by atoms with Gasteiger partial charge in [0.25, 0.3) is 5.91 Å². The highest BCUT2D eigenvalue weighted by atomic mass is 35.5. The van der Waals surface area contributed by atoms with Crippen LogP contribution in [0.15, 0.2) is 24.3 Å². The number of hydrogen-bond donors (Lipinski definition) is 4. The number of halogens is 1. The van der Waals surface area contributed by atoms with E-state index in [1.165, 1.54) is 0 Å². The number of nitrogens with one attached hydrogen (secondary N) is 3. The molecule has 11 heteroatoms. The Hall–Kier alpha value is -3.14. The maximum absolute atomic E-state index is 13.9. The van der Waals surface area contributed by atoms with Crippen LogP contribution in [0, 0.1) is 17.3 Å². The molecule has 0 radical (unpaired) electrons. The maximum atomic E-state index is 13.9. The lowest BCUT2D eigenvalue weighted by Gasteiger charge is -2.34. The standard InChI is InChI=1S/C30H44ClN5O5/c1-29(2,3)24(34-28(41)35-30(4,5)6)27(40)36-15-20(18-10-12-19(31)13-11-18)21(16-36)26(39)33-22(23(37)25(32)38)14-17-8-7-9-17/h10-13,17,20-22,24H,7-9,14-16H2,1-6H3,(H2,32,38)(H,33,39)(H2,34,35,41)/t20-,21+,22?,24+/m0/s1. The molecule has 1 aliphatic heterocycles. The summed E-state index contributed by atoms with van der Waals surface area (Å²) in [6, 6.07) is 4.75. The van der Waals surface area contributed by atoms with Gasteiger partial charge in [0.1, 0.15) is 6.04 Å². The van der Waals surface area contributed by atoms with Crippen molar-refractivity contribution in [3.8, 4) is 0 Å². The summed E-state index contributed by atoms with van der Waals surface area (Å²) in [5.41, 5.74) is 5.00. The average Bonchev–Trinajstić information content (AvgIpc) is 3.27. The molecule has 1 saturated heterocycles. The van der Waals surface area contributed by atoms with Gasteiger partial charge in [-0.05, 0) is 56.2 Å². The molecule has 2 aliphatic rings. The predicted octanol–water partition coefficient (Wildman–Crippen LogP) is 3.12. The SMILES string of the molecule is CC(C)(C)NC(=O)N[C@H](C(=O)N1C[C@@H](C(=O)NC(CC2CCC2)C(=O)C(N)=O)[C@H](c2ccc(Cl)cc2)C1)C(C)(C)C. The van der Waals surface area contributed by atoms with E-state index < -0.39 is 58.5 Å². The van der Waals surface area contributed by atoms with E-state index in [4.69, 9.17) is 17.3 Å². The zero-order chi connectivity index (χ0) is 30.7. The lowest BCUT2D eigenvalue weighted by molar-refractivity contribution is -0.139. The summed E-state index contributed by atoms with van der Waals surface area (Å²) in [5.74, 6) is -3.49. The number of benzene rings is 1. The van der Waals surface area contributed by atoms with E-state index >= 15 is 0 Å². The highest BCUT2D eigenvalue weighted by Gasteiger charge is 2.45. The van der Waals surface area contributed by atoms with Gasteiger partial charge in [0.2, 0.25) is 17.6 Å². The molecule has 0 aromatic heterocycles. The van der Waals surface area contributed by atoms with E-state index in [2.05, 4.69) is 16.0 Å². The minimum absolute atomic E-state index is 0.0774. The van der Waals surface area contributed by atoms with Gasteiger partial charge in [0, 0.05) is 29.6 Å². The summed E-state index contributed by atoms with van der Waals surface area (Å²) in [6.45, 7) is 11.4. The number of nitrogens with two attached hydrogens (primary N) is 1. The number of ketones is 1. The molecule has 41 heavy (non-hydrogen) atoms. The second-order valence-corrected chi connectivity index (χ2v) is 13.9. The molecule has 226 valence electrons. The quantitative estimate of drug-likeness (QED) is 0.326. The van der Waals surface area contributed by atoms with Gasteiger partial charge in [0.15, 0.2) is 0 Å². The zero-order valence-corrected chi connectivity index (χ0v) is 25.6. The molecule has 10 nitrogen and oxygen atoms in total. The molecule has 1 heterocycles. The van der Waals surface area contributed by atoms with Crippen molar-refractivity contribution in [1.82, 2.24) is 20.9 Å². The average molecular weight is 590 g/mol. The zero-order valence-electron chi connectivity index (χ0n) is 24.9. The largest absolute Gasteiger partial charge is 0.363 e. The fourth-order valence-corrected chi connectivity index (χ4v) is 5.51. The Morgan fingerprint density at radius 3 is 2.07 bits per heavy atom. The molecule has 1 aromatic rings. The monoisotopic (exact) mass is 589 g/mol. The second kappa shape index (κ2) is 12.8. The molecular weight excluding hydrogens is 546 g/mol. The third-order valence-corrected chi connectivity index (χ3v) is 8.06. The smallest absolute Gasteiger partial charge is 0.315 e. The van der Waals surface area contributed by atoms with Crippen molar-refractivity contribution in [3.05, 3.63) is 34.9 Å². The Labute approximate surface area is 247 Å². The van der Waals surface area contributed by atoms with Crippen molar-refractivity contribution >= 4 is 41.1 Å². The van der Waals surface area contributed by atoms with E-state index in [0.29, 0.717) is 11.4 Å². The van der Waals surface area contributed by atoms with E-state index in [9.17, 15) is 24.0 Å². The number of Topliss-reactive ketones (excluding diaryl/α,β-unsaturated/α-hetero) is 1. The molecule has 5 N–H and O–H groups in total. The van der Waals surface area contributed by atoms with Crippen LogP contribution in [0.3, 0.4) is 0 Å². The third kappa shape index (κ3) is 8.67. The van der Waals surface area contributed by atoms with Crippen molar-refractivity contribution in [2.75, 3.05) is 13.1 Å². The maximum Gasteiger partial charge on any atom is 0.315 e. The lowest BCUT2D eigenvalue weighted by Crippen LogP contribution is -2.58. The van der Waals surface area contributed by atoms with Crippen LogP contribution in [-0.4, -0.2) is 65.1 Å². The first-order chi connectivity index (χ1) is 19.0. The summed E-state index contributed by atoms with van der Waals surface area (Å²) in [4.78, 5) is 66.4. The van der Waals surface area contributed by atoms with Crippen molar-refractivity contribution in [2.24, 2.45) is 23.0 Å². The number of nitrogens with zero attached hydrogens (tertiary/aromatic N) is 1. The first kappa shape index (κ1) is 32.4. The number of hydrogen-bond acceptors (Lipinski definition) is 5. The molecule has 5 amide bonds. The van der Waals surface area contributed by atoms with Crippen LogP contribution in [0.2, 0.25) is 5.02 Å². The highest BCUT2D eigenvalue weighted by Crippen LogP contribution is 2.36. The fourth-order valence-electron chi connectivity index (χ4n) is 5.38. The van der Waals surface area contributed by atoms with Crippen LogP contribution in [0.5, 0.6) is 0 Å². The number of rotatable bonds is 9. The van der Waals surface area contributed by atoms with E-state index in [-0.39, 0.29) is 24.9 Å². The molecule has 1 saturated carbocycles. The first-order valence-corrected chi connectivity index (χ1v) is 14.6. The van der Waals surface area contributed by atoms with E-state index in [1.54, 1.807) is 17.0 Å². The molecule has 4 atom stereocenters. The van der Waals surface area contributed by atoms with Crippen molar-refractivity contribution in [1.29, 1.82) is 0 Å². The lowest BCUT2D eigenvalue weighted by atomic mass is 9.80.